The first kappa shape index (κ1) is 17.0. The minimum atomic E-state index is -1.20. The van der Waals surface area contributed by atoms with Gasteiger partial charge in [-0.15, -0.1) is 0 Å². The van der Waals surface area contributed by atoms with Crippen molar-refractivity contribution in [3.8, 4) is 0 Å². The normalized spacial score (nSPS) is 12.9. The summed E-state index contributed by atoms with van der Waals surface area (Å²) in [6.07, 6.45) is -0.123. The van der Waals surface area contributed by atoms with Gasteiger partial charge in [0.25, 0.3) is 5.91 Å². The van der Waals surface area contributed by atoms with Crippen LogP contribution in [0.15, 0.2) is 12.1 Å². The van der Waals surface area contributed by atoms with Crippen LogP contribution in [0.5, 0.6) is 0 Å². The lowest BCUT2D eigenvalue weighted by atomic mass is 10.0. The van der Waals surface area contributed by atoms with Gasteiger partial charge in [0.1, 0.15) is 28.8 Å². The van der Waals surface area contributed by atoms with Gasteiger partial charge in [-0.25, -0.2) is 8.78 Å². The molecule has 5 nitrogen and oxygen atoms in total. The van der Waals surface area contributed by atoms with E-state index in [1.54, 1.807) is 20.8 Å². The van der Waals surface area contributed by atoms with E-state index in [-0.39, 0.29) is 12.0 Å². The van der Waals surface area contributed by atoms with E-state index in [9.17, 15) is 18.4 Å². The molecule has 1 rings (SSSR count). The molecule has 0 aliphatic carbocycles. The summed E-state index contributed by atoms with van der Waals surface area (Å²) in [4.78, 5) is 22.6. The van der Waals surface area contributed by atoms with Crippen LogP contribution in [0.3, 0.4) is 0 Å². The highest BCUT2D eigenvalue weighted by Crippen LogP contribution is 2.17. The number of rotatable bonds is 4. The van der Waals surface area contributed by atoms with Gasteiger partial charge >= 0.3 is 5.97 Å². The van der Waals surface area contributed by atoms with Crippen LogP contribution in [0.2, 0.25) is 0 Å². The first-order valence-corrected chi connectivity index (χ1v) is 6.27. The van der Waals surface area contributed by atoms with E-state index < -0.39 is 40.7 Å². The second kappa shape index (κ2) is 6.17. The molecule has 0 aromatic heterocycles. The van der Waals surface area contributed by atoms with Crippen LogP contribution in [0.25, 0.3) is 0 Å². The predicted molar refractivity (Wildman–Crippen MR) is 72.4 cm³/mol. The Morgan fingerprint density at radius 2 is 1.71 bits per heavy atom. The Bertz CT molecular complexity index is 545. The van der Waals surface area contributed by atoms with Gasteiger partial charge in [-0.3, -0.25) is 9.59 Å². The van der Waals surface area contributed by atoms with Crippen molar-refractivity contribution in [3.05, 3.63) is 34.9 Å². The maximum atomic E-state index is 13.6. The third-order valence-corrected chi connectivity index (χ3v) is 2.51. The number of amides is 1. The van der Waals surface area contributed by atoms with Crippen LogP contribution >= 0.6 is 0 Å². The van der Waals surface area contributed by atoms with Crippen LogP contribution in [-0.4, -0.2) is 23.5 Å². The number of halogens is 2. The van der Waals surface area contributed by atoms with Crippen LogP contribution in [0, 0.1) is 11.6 Å². The fraction of sp³-hybridized carbons (Fsp3) is 0.429. The van der Waals surface area contributed by atoms with E-state index in [2.05, 4.69) is 0 Å². The second-order valence-corrected chi connectivity index (χ2v) is 5.64. The molecule has 0 heterocycles. The number of primary amides is 1. The third kappa shape index (κ3) is 4.78. The van der Waals surface area contributed by atoms with Crippen LogP contribution in [0.1, 0.15) is 36.7 Å². The fourth-order valence-corrected chi connectivity index (χ4v) is 1.69. The van der Waals surface area contributed by atoms with Crippen molar-refractivity contribution in [2.45, 2.75) is 38.8 Å². The average molecular weight is 300 g/mol. The zero-order valence-electron chi connectivity index (χ0n) is 12.1. The van der Waals surface area contributed by atoms with Gasteiger partial charge in [-0.05, 0) is 44.9 Å². The van der Waals surface area contributed by atoms with E-state index in [4.69, 9.17) is 16.2 Å². The molecule has 0 radical (unpaired) electrons. The SMILES string of the molecule is CC(C)(C)OC(=O)C(N)Cc1cc(F)c(C(N)=O)c(F)c1. The number of nitrogens with two attached hydrogens (primary N) is 2. The summed E-state index contributed by atoms with van der Waals surface area (Å²) < 4.78 is 32.2. The summed E-state index contributed by atoms with van der Waals surface area (Å²) in [5.41, 5.74) is 9.12. The first-order valence-electron chi connectivity index (χ1n) is 6.27. The summed E-state index contributed by atoms with van der Waals surface area (Å²) in [6.45, 7) is 5.04. The zero-order chi connectivity index (χ0) is 16.4. The largest absolute Gasteiger partial charge is 0.459 e. The van der Waals surface area contributed by atoms with Crippen molar-refractivity contribution in [3.63, 3.8) is 0 Å². The first-order chi connectivity index (χ1) is 9.51. The average Bonchev–Trinajstić information content (AvgIpc) is 2.24. The van der Waals surface area contributed by atoms with E-state index in [1.165, 1.54) is 0 Å². The van der Waals surface area contributed by atoms with Gasteiger partial charge in [0, 0.05) is 0 Å². The van der Waals surface area contributed by atoms with Crippen LogP contribution < -0.4 is 11.5 Å². The number of hydrogen-bond donors (Lipinski definition) is 2. The van der Waals surface area contributed by atoms with Crippen molar-refractivity contribution in [2.75, 3.05) is 0 Å². The highest BCUT2D eigenvalue weighted by atomic mass is 19.1. The molecule has 0 spiro atoms. The lowest BCUT2D eigenvalue weighted by Gasteiger charge is -2.22. The molecule has 1 aromatic carbocycles. The van der Waals surface area contributed by atoms with Gasteiger partial charge in [0.2, 0.25) is 0 Å². The molecule has 0 saturated carbocycles. The Morgan fingerprint density at radius 3 is 2.10 bits per heavy atom. The molecule has 1 atom stereocenters. The van der Waals surface area contributed by atoms with Crippen molar-refractivity contribution in [1.29, 1.82) is 0 Å². The van der Waals surface area contributed by atoms with E-state index in [1.807, 2.05) is 0 Å². The molecule has 0 saturated heterocycles. The van der Waals surface area contributed by atoms with Gasteiger partial charge in [0.15, 0.2) is 0 Å². The molecule has 4 N–H and O–H groups in total. The molecule has 1 aromatic rings. The Morgan fingerprint density at radius 1 is 1.24 bits per heavy atom. The van der Waals surface area contributed by atoms with E-state index in [0.717, 1.165) is 12.1 Å². The molecule has 0 fully saturated rings. The third-order valence-electron chi connectivity index (χ3n) is 2.51. The number of hydrogen-bond acceptors (Lipinski definition) is 4. The van der Waals surface area contributed by atoms with Gasteiger partial charge in [0.05, 0.1) is 0 Å². The highest BCUT2D eigenvalue weighted by Gasteiger charge is 2.24. The topological polar surface area (TPSA) is 95.4 Å². The number of esters is 1. The fourth-order valence-electron chi connectivity index (χ4n) is 1.69. The number of ether oxygens (including phenoxy) is 1. The maximum absolute atomic E-state index is 13.6. The molecule has 0 bridgehead atoms. The minimum absolute atomic E-state index is 0.123. The quantitative estimate of drug-likeness (QED) is 0.819. The Hall–Kier alpha value is -2.02. The summed E-state index contributed by atoms with van der Waals surface area (Å²) in [7, 11) is 0. The summed E-state index contributed by atoms with van der Waals surface area (Å²) >= 11 is 0. The second-order valence-electron chi connectivity index (χ2n) is 5.64. The molecule has 0 aliphatic rings. The molecule has 7 heteroatoms. The van der Waals surface area contributed by atoms with E-state index in [0.29, 0.717) is 0 Å². The van der Waals surface area contributed by atoms with Crippen molar-refractivity contribution in [2.24, 2.45) is 11.5 Å². The van der Waals surface area contributed by atoms with Gasteiger partial charge in [-0.2, -0.15) is 0 Å². The number of carbonyl (C=O) groups excluding carboxylic acids is 2. The molecule has 116 valence electrons. The summed E-state index contributed by atoms with van der Waals surface area (Å²) in [6, 6.07) is 0.781. The smallest absolute Gasteiger partial charge is 0.323 e. The Labute approximate surface area is 121 Å². The van der Waals surface area contributed by atoms with Crippen molar-refractivity contribution in [1.82, 2.24) is 0 Å². The predicted octanol–water partition coefficient (Wildman–Crippen LogP) is 1.28. The van der Waals surface area contributed by atoms with Crippen LogP contribution in [0.4, 0.5) is 8.78 Å². The Kier molecular flexibility index (Phi) is 5.01. The number of benzene rings is 1. The van der Waals surface area contributed by atoms with Gasteiger partial charge in [-0.1, -0.05) is 0 Å². The van der Waals surface area contributed by atoms with E-state index >= 15 is 0 Å². The molecule has 0 aliphatic heterocycles. The molecule has 1 amide bonds. The minimum Gasteiger partial charge on any atom is -0.459 e. The Balaban J connectivity index is 2.89. The maximum Gasteiger partial charge on any atom is 0.323 e. The van der Waals surface area contributed by atoms with Gasteiger partial charge < -0.3 is 16.2 Å². The summed E-state index contributed by atoms with van der Waals surface area (Å²) in [5.74, 6) is -4.06. The molecular formula is C14H18F2N2O3. The molecule has 21 heavy (non-hydrogen) atoms. The van der Waals surface area contributed by atoms with Crippen molar-refractivity contribution >= 4 is 11.9 Å². The van der Waals surface area contributed by atoms with Crippen LogP contribution in [-0.2, 0) is 16.0 Å². The van der Waals surface area contributed by atoms with Crippen molar-refractivity contribution < 1.29 is 23.1 Å². The lowest BCUT2D eigenvalue weighted by molar-refractivity contribution is -0.156. The number of carbonyl (C=O) groups is 2. The molecular weight excluding hydrogens is 282 g/mol. The summed E-state index contributed by atoms with van der Waals surface area (Å²) in [5, 5.41) is 0. The lowest BCUT2D eigenvalue weighted by Crippen LogP contribution is -2.38. The highest BCUT2D eigenvalue weighted by molar-refractivity contribution is 5.93. The monoisotopic (exact) mass is 300 g/mol. The standard InChI is InChI=1S/C14H18F2N2O3/c1-14(2,3)21-13(20)10(17)6-7-4-8(15)11(12(18)19)9(16)5-7/h4-5,10H,6,17H2,1-3H3,(H2,18,19). The zero-order valence-corrected chi connectivity index (χ0v) is 12.1. The molecule has 1 unspecified atom stereocenters.